The van der Waals surface area contributed by atoms with Gasteiger partial charge in [0.2, 0.25) is 0 Å². The number of fused-ring (bicyclic) bond motifs is 3. The molecule has 0 bridgehead atoms. The van der Waals surface area contributed by atoms with Gasteiger partial charge in [-0.05, 0) is 55.5 Å². The van der Waals surface area contributed by atoms with Gasteiger partial charge in [-0.25, -0.2) is 0 Å². The zero-order valence-electron chi connectivity index (χ0n) is 23.5. The molecule has 1 saturated heterocycles. The molecule has 0 saturated carbocycles. The summed E-state index contributed by atoms with van der Waals surface area (Å²) in [5, 5.41) is 0. The molecule has 5 heteroatoms. The Morgan fingerprint density at radius 1 is 0.925 bits per heavy atom. The van der Waals surface area contributed by atoms with Crippen LogP contribution >= 0.6 is 0 Å². The van der Waals surface area contributed by atoms with Crippen molar-refractivity contribution >= 4 is 12.0 Å². The molecule has 1 amide bonds. The van der Waals surface area contributed by atoms with Crippen LogP contribution in [-0.2, 0) is 23.7 Å². The summed E-state index contributed by atoms with van der Waals surface area (Å²) in [4.78, 5) is 15.5. The van der Waals surface area contributed by atoms with Crippen LogP contribution in [0.2, 0.25) is 0 Å². The number of hydrogen-bond acceptors (Lipinski definition) is 4. The molecule has 3 aliphatic rings. The molecule has 1 fully saturated rings. The molecule has 1 spiro atoms. The summed E-state index contributed by atoms with van der Waals surface area (Å²) < 4.78 is 19.8. The summed E-state index contributed by atoms with van der Waals surface area (Å²) in [6.07, 6.45) is 11.1. The molecule has 0 aromatic heterocycles. The van der Waals surface area contributed by atoms with Crippen molar-refractivity contribution < 1.29 is 19.0 Å². The normalized spacial score (nSPS) is 19.2. The van der Waals surface area contributed by atoms with E-state index in [0.29, 0.717) is 19.0 Å². The molecule has 5 nitrogen and oxygen atoms in total. The third-order valence-corrected chi connectivity index (χ3v) is 8.38. The Kier molecular flexibility index (Phi) is 7.92. The van der Waals surface area contributed by atoms with Gasteiger partial charge in [0.05, 0.1) is 12.2 Å². The predicted molar refractivity (Wildman–Crippen MR) is 157 cm³/mol. The van der Waals surface area contributed by atoms with Crippen LogP contribution < -0.4 is 9.47 Å². The minimum Gasteiger partial charge on any atom is -0.489 e. The molecule has 3 aromatic carbocycles. The number of benzene rings is 3. The highest BCUT2D eigenvalue weighted by molar-refractivity contribution is 5.99. The number of rotatable bonds is 10. The lowest BCUT2D eigenvalue weighted by molar-refractivity contribution is -0.156. The number of carbonyl (C=O) groups excluding carboxylic acids is 1. The first-order valence-corrected chi connectivity index (χ1v) is 14.9. The van der Waals surface area contributed by atoms with Crippen molar-refractivity contribution in [1.29, 1.82) is 0 Å². The highest BCUT2D eigenvalue weighted by atomic mass is 16.7. The van der Waals surface area contributed by atoms with Crippen molar-refractivity contribution in [3.8, 4) is 11.5 Å². The molecule has 0 aliphatic carbocycles. The standard InChI is InChI=1S/C35H39NO4/c1-2-3-4-5-9-16-27-23-29-28(34(37)36-21-10-11-22-36)17-12-20-33(29)40-35(27)31-18-13-19-32(30(31)25-39-35)38-24-26-14-7-6-8-15-26/h6-8,12-15,17-20,23H,2-5,9-11,16,21-22,24-25H2,1H3/t35-/m1/s1. The second-order valence-electron chi connectivity index (χ2n) is 11.1. The summed E-state index contributed by atoms with van der Waals surface area (Å²) in [7, 11) is 0. The number of carbonyl (C=O) groups is 1. The average molecular weight is 538 g/mol. The third-order valence-electron chi connectivity index (χ3n) is 8.38. The molecule has 3 aromatic rings. The summed E-state index contributed by atoms with van der Waals surface area (Å²) in [6.45, 7) is 4.79. The summed E-state index contributed by atoms with van der Waals surface area (Å²) >= 11 is 0. The second kappa shape index (κ2) is 11.9. The van der Waals surface area contributed by atoms with Crippen LogP contribution in [0.25, 0.3) is 6.08 Å². The van der Waals surface area contributed by atoms with E-state index in [4.69, 9.17) is 14.2 Å². The lowest BCUT2D eigenvalue weighted by Crippen LogP contribution is -2.38. The quantitative estimate of drug-likeness (QED) is 0.246. The maximum Gasteiger partial charge on any atom is 0.261 e. The van der Waals surface area contributed by atoms with Crippen molar-refractivity contribution in [2.24, 2.45) is 0 Å². The van der Waals surface area contributed by atoms with Crippen molar-refractivity contribution in [1.82, 2.24) is 4.90 Å². The highest BCUT2D eigenvalue weighted by Gasteiger charge is 2.49. The van der Waals surface area contributed by atoms with Gasteiger partial charge in [-0.1, -0.05) is 81.1 Å². The Morgan fingerprint density at radius 2 is 1.73 bits per heavy atom. The topological polar surface area (TPSA) is 48.0 Å². The van der Waals surface area contributed by atoms with Gasteiger partial charge in [-0.3, -0.25) is 4.79 Å². The van der Waals surface area contributed by atoms with Crippen molar-refractivity contribution in [2.75, 3.05) is 13.1 Å². The van der Waals surface area contributed by atoms with Crippen LogP contribution in [0.4, 0.5) is 0 Å². The molecule has 0 N–H and O–H groups in total. The minimum atomic E-state index is -1.01. The molecule has 1 atom stereocenters. The number of nitrogens with zero attached hydrogens (tertiary/aromatic N) is 1. The Bertz CT molecular complexity index is 1380. The zero-order chi connectivity index (χ0) is 27.4. The largest absolute Gasteiger partial charge is 0.489 e. The Labute approximate surface area is 237 Å². The van der Waals surface area contributed by atoms with Crippen molar-refractivity contribution in [2.45, 2.75) is 77.3 Å². The first-order chi connectivity index (χ1) is 19.7. The van der Waals surface area contributed by atoms with Gasteiger partial charge >= 0.3 is 0 Å². The summed E-state index contributed by atoms with van der Waals surface area (Å²) in [5.41, 5.74) is 5.83. The Morgan fingerprint density at radius 3 is 2.55 bits per heavy atom. The fraction of sp³-hybridized carbons (Fsp3) is 0.400. The van der Waals surface area contributed by atoms with Crippen LogP contribution in [0.5, 0.6) is 11.5 Å². The third kappa shape index (κ3) is 5.15. The fourth-order valence-electron chi connectivity index (χ4n) is 6.20. The second-order valence-corrected chi connectivity index (χ2v) is 11.1. The predicted octanol–water partition coefficient (Wildman–Crippen LogP) is 8.02. The SMILES string of the molecule is CCCCCCCC1=Cc2c(cccc2C(=O)N2CCCC2)O[C@]12OCc1c(OCc3ccccc3)cccc12. The molecular formula is C35H39NO4. The number of likely N-dealkylation sites (tertiary alicyclic amines) is 1. The molecule has 3 heterocycles. The van der Waals surface area contributed by atoms with Gasteiger partial charge in [0.1, 0.15) is 18.1 Å². The van der Waals surface area contributed by atoms with Gasteiger partial charge in [0.15, 0.2) is 0 Å². The van der Waals surface area contributed by atoms with E-state index < -0.39 is 5.79 Å². The van der Waals surface area contributed by atoms with E-state index in [1.165, 1.54) is 19.3 Å². The van der Waals surface area contributed by atoms with Crippen LogP contribution in [0, 0.1) is 0 Å². The lowest BCUT2D eigenvalue weighted by atomic mass is 9.87. The molecule has 0 unspecified atom stereocenters. The van der Waals surface area contributed by atoms with Gasteiger partial charge in [-0.15, -0.1) is 0 Å². The maximum absolute atomic E-state index is 13.5. The summed E-state index contributed by atoms with van der Waals surface area (Å²) in [5.74, 6) is 0.613. The van der Waals surface area contributed by atoms with Crippen LogP contribution in [0.3, 0.4) is 0 Å². The first kappa shape index (κ1) is 26.6. The van der Waals surface area contributed by atoms with Crippen LogP contribution in [-0.4, -0.2) is 23.9 Å². The van der Waals surface area contributed by atoms with Gasteiger partial charge in [0.25, 0.3) is 11.7 Å². The van der Waals surface area contributed by atoms with Crippen LogP contribution in [0.15, 0.2) is 72.3 Å². The molecule has 208 valence electrons. The smallest absolute Gasteiger partial charge is 0.261 e. The monoisotopic (exact) mass is 537 g/mol. The van der Waals surface area contributed by atoms with E-state index >= 15 is 0 Å². The molecular weight excluding hydrogens is 498 g/mol. The minimum absolute atomic E-state index is 0.0942. The van der Waals surface area contributed by atoms with Crippen molar-refractivity contribution in [3.05, 3.63) is 100 Å². The first-order valence-electron chi connectivity index (χ1n) is 14.9. The number of ether oxygens (including phenoxy) is 3. The fourth-order valence-corrected chi connectivity index (χ4v) is 6.20. The Hall–Kier alpha value is -3.57. The molecule has 0 radical (unpaired) electrons. The van der Waals surface area contributed by atoms with Gasteiger partial charge < -0.3 is 19.1 Å². The van der Waals surface area contributed by atoms with E-state index in [9.17, 15) is 4.79 Å². The number of unbranched alkanes of at least 4 members (excludes halogenated alkanes) is 4. The van der Waals surface area contributed by atoms with Crippen molar-refractivity contribution in [3.63, 3.8) is 0 Å². The van der Waals surface area contributed by atoms with E-state index in [0.717, 1.165) is 84.3 Å². The number of hydrogen-bond donors (Lipinski definition) is 0. The molecule has 6 rings (SSSR count). The highest BCUT2D eigenvalue weighted by Crippen LogP contribution is 2.52. The molecule has 3 aliphatic heterocycles. The van der Waals surface area contributed by atoms with E-state index in [-0.39, 0.29) is 5.91 Å². The zero-order valence-corrected chi connectivity index (χ0v) is 23.5. The lowest BCUT2D eigenvalue weighted by Gasteiger charge is -2.37. The Balaban J connectivity index is 1.34. The number of amides is 1. The summed E-state index contributed by atoms with van der Waals surface area (Å²) in [6, 6.07) is 22.2. The van der Waals surface area contributed by atoms with Crippen LogP contribution in [0.1, 0.15) is 90.9 Å². The molecule has 40 heavy (non-hydrogen) atoms. The van der Waals surface area contributed by atoms with E-state index in [1.807, 2.05) is 53.4 Å². The van der Waals surface area contributed by atoms with Gasteiger partial charge in [-0.2, -0.15) is 0 Å². The van der Waals surface area contributed by atoms with E-state index in [2.05, 4.69) is 31.2 Å². The van der Waals surface area contributed by atoms with Gasteiger partial charge in [0, 0.05) is 35.4 Å². The van der Waals surface area contributed by atoms with E-state index in [1.54, 1.807) is 0 Å². The average Bonchev–Trinajstić information content (AvgIpc) is 3.66. The maximum atomic E-state index is 13.5.